The Morgan fingerprint density at radius 2 is 2.17 bits per heavy atom. The van der Waals surface area contributed by atoms with Crippen molar-refractivity contribution in [3.63, 3.8) is 0 Å². The standard InChI is InChI=1S/C14H19BrN2O/c1-10-2-3-12(15)13(8-10)17-14(18)9-11-4-6-16-7-5-11/h2-3,8,11,16H,4-7,9H2,1H3,(H,17,18). The van der Waals surface area contributed by atoms with Gasteiger partial charge in [0.25, 0.3) is 0 Å². The molecule has 0 radical (unpaired) electrons. The molecule has 0 aliphatic carbocycles. The van der Waals surface area contributed by atoms with E-state index in [4.69, 9.17) is 0 Å². The molecule has 2 N–H and O–H groups in total. The Kier molecular flexibility index (Phi) is 4.78. The molecule has 1 aliphatic heterocycles. The molecule has 1 saturated heterocycles. The molecule has 0 spiro atoms. The highest BCUT2D eigenvalue weighted by Crippen LogP contribution is 2.24. The zero-order valence-corrected chi connectivity index (χ0v) is 12.2. The topological polar surface area (TPSA) is 41.1 Å². The zero-order valence-electron chi connectivity index (χ0n) is 10.6. The van der Waals surface area contributed by atoms with Crippen LogP contribution in [0.4, 0.5) is 5.69 Å². The monoisotopic (exact) mass is 310 g/mol. The Balaban J connectivity index is 1.92. The average molecular weight is 311 g/mol. The number of hydrogen-bond donors (Lipinski definition) is 2. The smallest absolute Gasteiger partial charge is 0.224 e. The van der Waals surface area contributed by atoms with Crippen molar-refractivity contribution in [3.8, 4) is 0 Å². The van der Waals surface area contributed by atoms with Gasteiger partial charge in [-0.15, -0.1) is 0 Å². The number of anilines is 1. The van der Waals surface area contributed by atoms with Crippen LogP contribution < -0.4 is 10.6 Å². The van der Waals surface area contributed by atoms with Gasteiger partial charge in [-0.1, -0.05) is 6.07 Å². The third-order valence-electron chi connectivity index (χ3n) is 3.33. The molecule has 0 aromatic heterocycles. The van der Waals surface area contributed by atoms with Gasteiger partial charge in [-0.2, -0.15) is 0 Å². The lowest BCUT2D eigenvalue weighted by Crippen LogP contribution is -2.30. The number of rotatable bonds is 3. The largest absolute Gasteiger partial charge is 0.325 e. The van der Waals surface area contributed by atoms with Crippen molar-refractivity contribution in [1.82, 2.24) is 5.32 Å². The number of hydrogen-bond acceptors (Lipinski definition) is 2. The van der Waals surface area contributed by atoms with Gasteiger partial charge >= 0.3 is 0 Å². The van der Waals surface area contributed by atoms with Crippen molar-refractivity contribution in [2.24, 2.45) is 5.92 Å². The SMILES string of the molecule is Cc1ccc(Br)c(NC(=O)CC2CCNCC2)c1. The summed E-state index contributed by atoms with van der Waals surface area (Å²) < 4.78 is 0.937. The summed E-state index contributed by atoms with van der Waals surface area (Å²) in [5.41, 5.74) is 2.02. The summed E-state index contributed by atoms with van der Waals surface area (Å²) in [7, 11) is 0. The molecule has 18 heavy (non-hydrogen) atoms. The Morgan fingerprint density at radius 1 is 1.44 bits per heavy atom. The number of halogens is 1. The van der Waals surface area contributed by atoms with E-state index in [-0.39, 0.29) is 5.91 Å². The van der Waals surface area contributed by atoms with Gasteiger partial charge in [-0.05, 0) is 72.4 Å². The van der Waals surface area contributed by atoms with Crippen molar-refractivity contribution in [2.75, 3.05) is 18.4 Å². The minimum absolute atomic E-state index is 0.119. The van der Waals surface area contributed by atoms with E-state index in [1.165, 1.54) is 0 Å². The number of carbonyl (C=O) groups is 1. The van der Waals surface area contributed by atoms with Crippen LogP contribution in [-0.4, -0.2) is 19.0 Å². The highest BCUT2D eigenvalue weighted by molar-refractivity contribution is 9.10. The molecule has 1 aromatic rings. The second-order valence-corrected chi connectivity index (χ2v) is 5.78. The summed E-state index contributed by atoms with van der Waals surface area (Å²) in [6, 6.07) is 5.98. The molecule has 1 heterocycles. The van der Waals surface area contributed by atoms with Crippen LogP contribution in [0.25, 0.3) is 0 Å². The van der Waals surface area contributed by atoms with Crippen LogP contribution in [0.1, 0.15) is 24.8 Å². The molecule has 0 unspecified atom stereocenters. The maximum atomic E-state index is 12.0. The van der Waals surface area contributed by atoms with Gasteiger partial charge in [0.15, 0.2) is 0 Å². The van der Waals surface area contributed by atoms with E-state index in [9.17, 15) is 4.79 Å². The molecule has 1 amide bonds. The van der Waals surface area contributed by atoms with Crippen LogP contribution in [0.3, 0.4) is 0 Å². The number of carbonyl (C=O) groups excluding carboxylic acids is 1. The van der Waals surface area contributed by atoms with Crippen molar-refractivity contribution in [2.45, 2.75) is 26.2 Å². The molecule has 2 rings (SSSR count). The molecule has 1 aromatic carbocycles. The van der Waals surface area contributed by atoms with Gasteiger partial charge in [0.2, 0.25) is 5.91 Å². The number of amides is 1. The van der Waals surface area contributed by atoms with E-state index < -0.39 is 0 Å². The first-order valence-corrected chi connectivity index (χ1v) is 7.21. The average Bonchev–Trinajstić information content (AvgIpc) is 2.35. The van der Waals surface area contributed by atoms with Gasteiger partial charge in [0, 0.05) is 10.9 Å². The van der Waals surface area contributed by atoms with E-state index in [1.807, 2.05) is 25.1 Å². The van der Waals surface area contributed by atoms with Crippen molar-refractivity contribution < 1.29 is 4.79 Å². The number of nitrogens with one attached hydrogen (secondary N) is 2. The molecule has 4 heteroatoms. The molecule has 98 valence electrons. The highest BCUT2D eigenvalue weighted by atomic mass is 79.9. The van der Waals surface area contributed by atoms with E-state index in [0.717, 1.165) is 41.7 Å². The second-order valence-electron chi connectivity index (χ2n) is 4.93. The van der Waals surface area contributed by atoms with Crippen LogP contribution in [0.15, 0.2) is 22.7 Å². The molecule has 0 saturated carbocycles. The fraction of sp³-hybridized carbons (Fsp3) is 0.500. The molecule has 0 atom stereocenters. The van der Waals surface area contributed by atoms with E-state index in [1.54, 1.807) is 0 Å². The van der Waals surface area contributed by atoms with Crippen molar-refractivity contribution in [1.29, 1.82) is 0 Å². The molecule has 3 nitrogen and oxygen atoms in total. The fourth-order valence-corrected chi connectivity index (χ4v) is 2.63. The number of benzene rings is 1. The van der Waals surface area contributed by atoms with Crippen LogP contribution in [0, 0.1) is 12.8 Å². The summed E-state index contributed by atoms with van der Waals surface area (Å²) in [5, 5.41) is 6.31. The summed E-state index contributed by atoms with van der Waals surface area (Å²) in [4.78, 5) is 12.0. The predicted octanol–water partition coefficient (Wildman–Crippen LogP) is 3.09. The van der Waals surface area contributed by atoms with Crippen molar-refractivity contribution >= 4 is 27.5 Å². The molecule has 1 aliphatic rings. The summed E-state index contributed by atoms with van der Waals surface area (Å²) >= 11 is 3.46. The summed E-state index contributed by atoms with van der Waals surface area (Å²) in [6.45, 7) is 4.09. The molecule has 1 fully saturated rings. The van der Waals surface area contributed by atoms with E-state index in [0.29, 0.717) is 12.3 Å². The lowest BCUT2D eigenvalue weighted by atomic mass is 9.94. The van der Waals surface area contributed by atoms with Gasteiger partial charge in [-0.25, -0.2) is 0 Å². The lowest BCUT2D eigenvalue weighted by molar-refractivity contribution is -0.117. The fourth-order valence-electron chi connectivity index (χ4n) is 2.28. The maximum Gasteiger partial charge on any atom is 0.224 e. The molecular formula is C14H19BrN2O. The van der Waals surface area contributed by atoms with E-state index in [2.05, 4.69) is 26.6 Å². The third-order valence-corrected chi connectivity index (χ3v) is 4.02. The molecule has 0 bridgehead atoms. The zero-order chi connectivity index (χ0) is 13.0. The Hall–Kier alpha value is -0.870. The van der Waals surface area contributed by atoms with Gasteiger partial charge < -0.3 is 10.6 Å². The van der Waals surface area contributed by atoms with Crippen LogP contribution in [0.2, 0.25) is 0 Å². The number of aryl methyl sites for hydroxylation is 1. The normalized spacial score (nSPS) is 16.6. The summed E-state index contributed by atoms with van der Waals surface area (Å²) in [6.07, 6.45) is 2.83. The first-order valence-electron chi connectivity index (χ1n) is 6.42. The molecular weight excluding hydrogens is 292 g/mol. The summed E-state index contributed by atoms with van der Waals surface area (Å²) in [5.74, 6) is 0.642. The second kappa shape index (κ2) is 6.34. The predicted molar refractivity (Wildman–Crippen MR) is 77.7 cm³/mol. The van der Waals surface area contributed by atoms with Crippen LogP contribution >= 0.6 is 15.9 Å². The van der Waals surface area contributed by atoms with Gasteiger partial charge in [0.05, 0.1) is 5.69 Å². The van der Waals surface area contributed by atoms with Crippen molar-refractivity contribution in [3.05, 3.63) is 28.2 Å². The van der Waals surface area contributed by atoms with E-state index >= 15 is 0 Å². The minimum atomic E-state index is 0.119. The quantitative estimate of drug-likeness (QED) is 0.901. The maximum absolute atomic E-state index is 12.0. The minimum Gasteiger partial charge on any atom is -0.325 e. The first-order chi connectivity index (χ1) is 8.65. The van der Waals surface area contributed by atoms with Crippen LogP contribution in [-0.2, 0) is 4.79 Å². The first kappa shape index (κ1) is 13.6. The number of piperidine rings is 1. The highest BCUT2D eigenvalue weighted by Gasteiger charge is 2.17. The van der Waals surface area contributed by atoms with Gasteiger partial charge in [-0.3, -0.25) is 4.79 Å². The Labute approximate surface area is 116 Å². The van der Waals surface area contributed by atoms with Gasteiger partial charge in [0.1, 0.15) is 0 Å². The Morgan fingerprint density at radius 3 is 2.89 bits per heavy atom. The Bertz CT molecular complexity index is 428. The van der Waals surface area contributed by atoms with Crippen LogP contribution in [0.5, 0.6) is 0 Å². The third kappa shape index (κ3) is 3.82. The lowest BCUT2D eigenvalue weighted by Gasteiger charge is -2.22.